The van der Waals surface area contributed by atoms with Gasteiger partial charge in [0, 0.05) is 11.1 Å². The Morgan fingerprint density at radius 3 is 2.38 bits per heavy atom. The van der Waals surface area contributed by atoms with Crippen LogP contribution in [0.3, 0.4) is 0 Å². The lowest BCUT2D eigenvalue weighted by molar-refractivity contribution is 0.0995. The number of amides is 1. The fourth-order valence-electron chi connectivity index (χ4n) is 2.42. The maximum absolute atomic E-state index is 11.3. The number of nitrogen functional groups attached to an aromatic ring is 1. The first-order chi connectivity index (χ1) is 11.5. The van der Waals surface area contributed by atoms with Crippen LogP contribution in [0.25, 0.3) is 22.0 Å². The Kier molecular flexibility index (Phi) is 4.24. The number of aromatic nitrogens is 2. The van der Waals surface area contributed by atoms with Gasteiger partial charge < -0.3 is 16.0 Å². The molecule has 8 heteroatoms. The van der Waals surface area contributed by atoms with E-state index in [9.17, 15) is 13.6 Å². The lowest BCUT2D eigenvalue weighted by Crippen LogP contribution is -2.16. The topological polar surface area (TPSA) is 135 Å². The summed E-state index contributed by atoms with van der Waals surface area (Å²) in [6.45, 7) is 0. The second-order valence-electron chi connectivity index (χ2n) is 5.20. The number of carbonyl (C=O) groups is 1. The summed E-state index contributed by atoms with van der Waals surface area (Å²) in [6.07, 6.45) is 0. The van der Waals surface area contributed by atoms with E-state index in [1.165, 1.54) is 0 Å². The van der Waals surface area contributed by atoms with Crippen LogP contribution in [0.2, 0.25) is 0 Å². The fourth-order valence-corrected chi connectivity index (χ4v) is 2.88. The predicted octanol–water partition coefficient (Wildman–Crippen LogP) is 1.36. The molecule has 0 spiro atoms. The minimum Gasteiger partial charge on any atom is -0.772 e. The third kappa shape index (κ3) is 3.10. The monoisotopic (exact) mass is 341 g/mol. The molecule has 2 aromatic carbocycles. The second kappa shape index (κ2) is 6.34. The van der Waals surface area contributed by atoms with Gasteiger partial charge in [0.15, 0.2) is 5.69 Å². The van der Waals surface area contributed by atoms with Crippen molar-refractivity contribution in [1.29, 1.82) is 0 Å². The summed E-state index contributed by atoms with van der Waals surface area (Å²) >= 11 is -2.11. The summed E-state index contributed by atoms with van der Waals surface area (Å²) in [5.74, 6) is -0.743. The van der Waals surface area contributed by atoms with Gasteiger partial charge in [0.05, 0.1) is 11.2 Å². The summed E-state index contributed by atoms with van der Waals surface area (Å²) in [5.41, 5.74) is 14.3. The predicted molar refractivity (Wildman–Crippen MR) is 90.5 cm³/mol. The third-order valence-electron chi connectivity index (χ3n) is 3.61. The Bertz CT molecular complexity index is 957. The Labute approximate surface area is 140 Å². The molecule has 1 aromatic heterocycles. The molecular weight excluding hydrogens is 328 g/mol. The minimum atomic E-state index is -2.11. The number of hydrogen-bond donors (Lipinski definition) is 2. The van der Waals surface area contributed by atoms with Crippen molar-refractivity contribution in [3.8, 4) is 11.1 Å². The Balaban J connectivity index is 2.00. The average Bonchev–Trinajstić information content (AvgIpc) is 2.54. The number of carbonyl (C=O) groups excluding carboxylic acids is 1. The van der Waals surface area contributed by atoms with Gasteiger partial charge in [0.25, 0.3) is 5.91 Å². The smallest absolute Gasteiger partial charge is 0.271 e. The number of hydrogen-bond acceptors (Lipinski definition) is 6. The zero-order valence-corrected chi connectivity index (χ0v) is 13.2. The molecule has 0 fully saturated rings. The Hall–Kier alpha value is -2.84. The Morgan fingerprint density at radius 1 is 1.08 bits per heavy atom. The number of anilines is 1. The summed E-state index contributed by atoms with van der Waals surface area (Å²) in [7, 11) is 0. The zero-order chi connectivity index (χ0) is 17.3. The normalized spacial score (nSPS) is 12.2. The van der Waals surface area contributed by atoms with E-state index in [0.29, 0.717) is 16.5 Å². The molecule has 7 nitrogen and oxygen atoms in total. The highest BCUT2D eigenvalue weighted by Gasteiger charge is 2.13. The van der Waals surface area contributed by atoms with Gasteiger partial charge >= 0.3 is 0 Å². The summed E-state index contributed by atoms with van der Waals surface area (Å²) in [4.78, 5) is 11.3. The van der Waals surface area contributed by atoms with E-state index in [1.54, 1.807) is 24.3 Å². The van der Waals surface area contributed by atoms with Crippen molar-refractivity contribution >= 4 is 33.6 Å². The van der Waals surface area contributed by atoms with Crippen LogP contribution < -0.4 is 11.5 Å². The van der Waals surface area contributed by atoms with E-state index >= 15 is 0 Å². The summed E-state index contributed by atoms with van der Waals surface area (Å²) in [5, 5.41) is 8.36. The molecular formula is C16H13N4O3S-. The molecule has 1 heterocycles. The quantitative estimate of drug-likeness (QED) is 0.688. The molecule has 0 aliphatic rings. The van der Waals surface area contributed by atoms with Crippen molar-refractivity contribution in [2.75, 3.05) is 5.73 Å². The number of fused-ring (bicyclic) bond motifs is 1. The van der Waals surface area contributed by atoms with Gasteiger partial charge in [-0.2, -0.15) is 0 Å². The highest BCUT2D eigenvalue weighted by Crippen LogP contribution is 2.27. The first kappa shape index (κ1) is 16.0. The van der Waals surface area contributed by atoms with Gasteiger partial charge in [0.1, 0.15) is 0 Å². The van der Waals surface area contributed by atoms with Crippen molar-refractivity contribution in [3.63, 3.8) is 0 Å². The first-order valence-corrected chi connectivity index (χ1v) is 8.21. The molecule has 0 bridgehead atoms. The van der Waals surface area contributed by atoms with Gasteiger partial charge in [-0.3, -0.25) is 9.00 Å². The van der Waals surface area contributed by atoms with Crippen LogP contribution in [0.15, 0.2) is 42.5 Å². The van der Waals surface area contributed by atoms with Gasteiger partial charge in [-0.25, -0.2) is 0 Å². The van der Waals surface area contributed by atoms with Crippen molar-refractivity contribution in [2.24, 2.45) is 5.73 Å². The Morgan fingerprint density at radius 2 is 1.75 bits per heavy atom. The highest BCUT2D eigenvalue weighted by molar-refractivity contribution is 7.78. The molecule has 24 heavy (non-hydrogen) atoms. The molecule has 0 aliphatic carbocycles. The molecule has 0 aliphatic heterocycles. The van der Waals surface area contributed by atoms with Crippen LogP contribution in [0, 0.1) is 0 Å². The van der Waals surface area contributed by atoms with Crippen molar-refractivity contribution in [3.05, 3.63) is 53.7 Å². The lowest BCUT2D eigenvalue weighted by atomic mass is 10.0. The van der Waals surface area contributed by atoms with E-state index in [2.05, 4.69) is 10.2 Å². The maximum atomic E-state index is 11.3. The number of nitrogens with two attached hydrogens (primary N) is 2. The van der Waals surface area contributed by atoms with Crippen LogP contribution in [-0.2, 0) is 16.8 Å². The van der Waals surface area contributed by atoms with Crippen LogP contribution in [0.1, 0.15) is 16.1 Å². The molecule has 3 aromatic rings. The molecule has 1 unspecified atom stereocenters. The molecule has 1 atom stereocenters. The number of nitrogens with zero attached hydrogens (tertiary/aromatic N) is 2. The van der Waals surface area contributed by atoms with Crippen molar-refractivity contribution in [1.82, 2.24) is 10.2 Å². The minimum absolute atomic E-state index is 0.0180. The number of primary amides is 1. The van der Waals surface area contributed by atoms with E-state index in [0.717, 1.165) is 11.1 Å². The standard InChI is InChI=1S/C16H14N4O3S/c17-14-12-6-5-11(7-13(12)19-20-15(14)16(18)21)10-3-1-9(2-4-10)8-24(22)23/h1-7H,8H2,(H2,17,19)(H2,18,21)(H,22,23)/p-1. The molecule has 3 rings (SSSR count). The summed E-state index contributed by atoms with van der Waals surface area (Å²) in [6, 6.07) is 12.6. The maximum Gasteiger partial charge on any atom is 0.271 e. The summed E-state index contributed by atoms with van der Waals surface area (Å²) < 4.78 is 21.4. The van der Waals surface area contributed by atoms with Gasteiger partial charge in [-0.1, -0.05) is 41.4 Å². The molecule has 4 N–H and O–H groups in total. The van der Waals surface area contributed by atoms with E-state index in [1.807, 2.05) is 18.2 Å². The first-order valence-electron chi connectivity index (χ1n) is 6.96. The molecule has 0 radical (unpaired) electrons. The SMILES string of the molecule is NC(=O)c1nnc2cc(-c3ccc(CS(=O)[O-])cc3)ccc2c1N. The lowest BCUT2D eigenvalue weighted by Gasteiger charge is -2.08. The van der Waals surface area contributed by atoms with Gasteiger partial charge in [0.2, 0.25) is 0 Å². The fraction of sp³-hybridized carbons (Fsp3) is 0.0625. The van der Waals surface area contributed by atoms with Crippen LogP contribution in [0.5, 0.6) is 0 Å². The highest BCUT2D eigenvalue weighted by atomic mass is 32.2. The van der Waals surface area contributed by atoms with E-state index < -0.39 is 17.0 Å². The van der Waals surface area contributed by atoms with Gasteiger partial charge in [-0.05, 0) is 28.8 Å². The average molecular weight is 341 g/mol. The van der Waals surface area contributed by atoms with Crippen LogP contribution in [0.4, 0.5) is 5.69 Å². The molecule has 1 amide bonds. The van der Waals surface area contributed by atoms with E-state index in [4.69, 9.17) is 11.5 Å². The van der Waals surface area contributed by atoms with Gasteiger partial charge in [-0.15, -0.1) is 10.2 Å². The van der Waals surface area contributed by atoms with E-state index in [-0.39, 0.29) is 17.1 Å². The largest absolute Gasteiger partial charge is 0.772 e. The number of rotatable bonds is 4. The van der Waals surface area contributed by atoms with Crippen LogP contribution in [-0.4, -0.2) is 24.9 Å². The molecule has 0 saturated heterocycles. The number of benzene rings is 2. The van der Waals surface area contributed by atoms with Crippen molar-refractivity contribution < 1.29 is 13.6 Å². The second-order valence-corrected chi connectivity index (χ2v) is 6.10. The zero-order valence-electron chi connectivity index (χ0n) is 12.4. The third-order valence-corrected chi connectivity index (χ3v) is 4.17. The van der Waals surface area contributed by atoms with Crippen LogP contribution >= 0.6 is 0 Å². The molecule has 122 valence electrons. The molecule has 0 saturated carbocycles. The van der Waals surface area contributed by atoms with Crippen molar-refractivity contribution in [2.45, 2.75) is 5.75 Å².